The van der Waals surface area contributed by atoms with Crippen molar-refractivity contribution < 1.29 is 28.7 Å². The molecule has 4 rings (SSSR count). The molecule has 2 atom stereocenters. The lowest BCUT2D eigenvalue weighted by Gasteiger charge is -2.38. The maximum atomic E-state index is 13.1. The number of hydrogen-bond donors (Lipinski definition) is 4. The van der Waals surface area contributed by atoms with Gasteiger partial charge >= 0.3 is 23.9 Å². The van der Waals surface area contributed by atoms with Crippen LogP contribution < -0.4 is 27.0 Å². The van der Waals surface area contributed by atoms with Gasteiger partial charge in [-0.15, -0.1) is 0 Å². The van der Waals surface area contributed by atoms with Crippen molar-refractivity contribution in [1.29, 1.82) is 0 Å². The summed E-state index contributed by atoms with van der Waals surface area (Å²) >= 11 is 0. The molecule has 15 nitrogen and oxygen atoms in total. The van der Waals surface area contributed by atoms with Gasteiger partial charge in [0.25, 0.3) is 0 Å². The number of piperazine rings is 1. The van der Waals surface area contributed by atoms with Gasteiger partial charge in [-0.1, -0.05) is 12.1 Å². The Bertz CT molecular complexity index is 1590. The SMILES string of the molecule is CC(C)(C)OC(=O)N[C@@H]1CC[C@H](NCc2ccc(-n3ccc(NC(=O)N4CCN(C(=O)C(C)(C)NC(=O)OC(C)(C)C)CC4)nc3=O)cc2)C1. The van der Waals surface area contributed by atoms with Gasteiger partial charge in [0, 0.05) is 51.0 Å². The highest BCUT2D eigenvalue weighted by Gasteiger charge is 2.37. The maximum absolute atomic E-state index is 13.1. The van der Waals surface area contributed by atoms with Crippen LogP contribution in [-0.2, 0) is 20.8 Å². The summed E-state index contributed by atoms with van der Waals surface area (Å²) in [7, 11) is 0. The first-order chi connectivity index (χ1) is 23.3. The molecule has 1 aromatic heterocycles. The minimum atomic E-state index is -1.19. The summed E-state index contributed by atoms with van der Waals surface area (Å²) in [6.07, 6.45) is 3.15. The summed E-state index contributed by atoms with van der Waals surface area (Å²) in [6.45, 7) is 15.7. The van der Waals surface area contributed by atoms with Gasteiger partial charge in [-0.25, -0.2) is 19.2 Å². The summed E-state index contributed by atoms with van der Waals surface area (Å²) in [5.41, 5.74) is -1.28. The topological polar surface area (TPSA) is 176 Å². The highest BCUT2D eigenvalue weighted by molar-refractivity contribution is 5.90. The Balaban J connectivity index is 1.23. The molecule has 15 heteroatoms. The molecule has 2 aliphatic rings. The van der Waals surface area contributed by atoms with Crippen LogP contribution in [0.15, 0.2) is 41.3 Å². The van der Waals surface area contributed by atoms with Crippen LogP contribution in [0.25, 0.3) is 5.69 Å². The zero-order valence-corrected chi connectivity index (χ0v) is 30.4. The number of benzene rings is 1. The van der Waals surface area contributed by atoms with Crippen LogP contribution in [0.3, 0.4) is 0 Å². The van der Waals surface area contributed by atoms with Crippen molar-refractivity contribution in [3.63, 3.8) is 0 Å². The average molecular weight is 697 g/mol. The van der Waals surface area contributed by atoms with E-state index >= 15 is 0 Å². The lowest BCUT2D eigenvalue weighted by atomic mass is 10.0. The molecule has 5 amide bonds. The van der Waals surface area contributed by atoms with Crippen molar-refractivity contribution >= 4 is 29.9 Å². The Kier molecular flexibility index (Phi) is 11.8. The molecule has 1 aliphatic heterocycles. The fourth-order valence-corrected chi connectivity index (χ4v) is 5.79. The number of nitrogens with one attached hydrogen (secondary N) is 4. The molecule has 2 fully saturated rings. The van der Waals surface area contributed by atoms with Crippen LogP contribution in [-0.4, -0.2) is 98.5 Å². The Morgan fingerprint density at radius 2 is 1.38 bits per heavy atom. The summed E-state index contributed by atoms with van der Waals surface area (Å²) in [6, 6.07) is 9.03. The third-order valence-electron chi connectivity index (χ3n) is 8.20. The molecule has 1 saturated heterocycles. The number of alkyl carbamates (subject to hydrolysis) is 2. The first-order valence-corrected chi connectivity index (χ1v) is 17.1. The molecule has 0 spiro atoms. The van der Waals surface area contributed by atoms with Crippen molar-refractivity contribution in [3.8, 4) is 5.69 Å². The van der Waals surface area contributed by atoms with E-state index in [-0.39, 0.29) is 56.1 Å². The second-order valence-electron chi connectivity index (χ2n) is 15.3. The highest BCUT2D eigenvalue weighted by atomic mass is 16.6. The number of anilines is 1. The van der Waals surface area contributed by atoms with Crippen LogP contribution >= 0.6 is 0 Å². The highest BCUT2D eigenvalue weighted by Crippen LogP contribution is 2.21. The van der Waals surface area contributed by atoms with E-state index in [0.717, 1.165) is 24.8 Å². The van der Waals surface area contributed by atoms with Gasteiger partial charge in [0.2, 0.25) is 5.91 Å². The molecule has 1 aromatic carbocycles. The number of urea groups is 1. The summed E-state index contributed by atoms with van der Waals surface area (Å²) in [4.78, 5) is 70.5. The third kappa shape index (κ3) is 11.2. The Hall–Kier alpha value is -4.66. The van der Waals surface area contributed by atoms with Gasteiger partial charge in [0.05, 0.1) is 5.69 Å². The number of carbonyl (C=O) groups is 4. The van der Waals surface area contributed by atoms with Crippen LogP contribution in [0, 0.1) is 0 Å². The van der Waals surface area contributed by atoms with Crippen LogP contribution in [0.5, 0.6) is 0 Å². The predicted octanol–water partition coefficient (Wildman–Crippen LogP) is 3.75. The van der Waals surface area contributed by atoms with Crippen LogP contribution in [0.2, 0.25) is 0 Å². The quantitative estimate of drug-likeness (QED) is 0.320. The number of hydrogen-bond acceptors (Lipinski definition) is 9. The smallest absolute Gasteiger partial charge is 0.408 e. The molecule has 2 aromatic rings. The largest absolute Gasteiger partial charge is 0.444 e. The monoisotopic (exact) mass is 696 g/mol. The molecule has 0 bridgehead atoms. The van der Waals surface area contributed by atoms with E-state index in [9.17, 15) is 24.0 Å². The molecular formula is C35H52N8O7. The first kappa shape index (κ1) is 38.1. The normalized spacial score (nSPS) is 18.3. The van der Waals surface area contributed by atoms with Crippen molar-refractivity contribution in [3.05, 3.63) is 52.6 Å². The molecule has 2 heterocycles. The molecule has 1 aliphatic carbocycles. The number of ether oxygens (including phenoxy) is 2. The van der Waals surface area contributed by atoms with Crippen LogP contribution in [0.1, 0.15) is 80.2 Å². The van der Waals surface area contributed by atoms with E-state index in [4.69, 9.17) is 9.47 Å². The van der Waals surface area contributed by atoms with Gasteiger partial charge in [0.1, 0.15) is 22.6 Å². The van der Waals surface area contributed by atoms with E-state index in [2.05, 4.69) is 26.3 Å². The van der Waals surface area contributed by atoms with E-state index in [1.165, 1.54) is 4.57 Å². The van der Waals surface area contributed by atoms with Gasteiger partial charge < -0.3 is 35.2 Å². The van der Waals surface area contributed by atoms with Gasteiger partial charge in [0.15, 0.2) is 0 Å². The second kappa shape index (κ2) is 15.5. The Morgan fingerprint density at radius 1 is 0.800 bits per heavy atom. The second-order valence-corrected chi connectivity index (χ2v) is 15.3. The van der Waals surface area contributed by atoms with Gasteiger partial charge in [-0.2, -0.15) is 4.98 Å². The van der Waals surface area contributed by atoms with Crippen LogP contribution in [0.4, 0.5) is 20.2 Å². The number of rotatable bonds is 8. The number of amides is 5. The molecule has 0 unspecified atom stereocenters. The molecule has 0 radical (unpaired) electrons. The maximum Gasteiger partial charge on any atom is 0.408 e. The standard InChI is InChI=1S/C35H52N8O7/c1-33(2,3)49-31(47)37-25-12-11-24(21-25)36-22-23-9-13-26(14-10-23)43-16-15-27(39-30(43)46)38-29(45)42-19-17-41(18-20-42)28(44)35(7,8)40-32(48)50-34(4,5)6/h9-10,13-16,24-25,36H,11-12,17-22H2,1-8H3,(H,37,47)(H,40,48)(H,38,39,45,46)/t24-,25+/m0/s1. The third-order valence-corrected chi connectivity index (χ3v) is 8.20. The lowest BCUT2D eigenvalue weighted by molar-refractivity contribution is -0.138. The zero-order valence-electron chi connectivity index (χ0n) is 30.4. The van der Waals surface area contributed by atoms with E-state index < -0.39 is 34.6 Å². The first-order valence-electron chi connectivity index (χ1n) is 17.1. The molecular weight excluding hydrogens is 644 g/mol. The van der Waals surface area contributed by atoms with Crippen molar-refractivity contribution in [1.82, 2.24) is 35.3 Å². The summed E-state index contributed by atoms with van der Waals surface area (Å²) < 4.78 is 12.0. The lowest BCUT2D eigenvalue weighted by Crippen LogP contribution is -2.60. The van der Waals surface area contributed by atoms with E-state index in [1.807, 2.05) is 45.0 Å². The molecule has 4 N–H and O–H groups in total. The fourth-order valence-electron chi connectivity index (χ4n) is 5.79. The van der Waals surface area contributed by atoms with Crippen molar-refractivity contribution in [2.45, 2.75) is 110 Å². The molecule has 50 heavy (non-hydrogen) atoms. The minimum Gasteiger partial charge on any atom is -0.444 e. The summed E-state index contributed by atoms with van der Waals surface area (Å²) in [5, 5.41) is 11.8. The predicted molar refractivity (Wildman–Crippen MR) is 188 cm³/mol. The van der Waals surface area contributed by atoms with Crippen molar-refractivity contribution in [2.24, 2.45) is 0 Å². The average Bonchev–Trinajstić information content (AvgIpc) is 3.44. The number of carbonyl (C=O) groups excluding carboxylic acids is 4. The zero-order chi connectivity index (χ0) is 36.9. The minimum absolute atomic E-state index is 0.0756. The molecule has 274 valence electrons. The Morgan fingerprint density at radius 3 is 1.98 bits per heavy atom. The Labute approximate surface area is 293 Å². The molecule has 1 saturated carbocycles. The van der Waals surface area contributed by atoms with Gasteiger partial charge in [-0.3, -0.25) is 14.7 Å². The van der Waals surface area contributed by atoms with E-state index in [0.29, 0.717) is 12.2 Å². The fraction of sp³-hybridized carbons (Fsp3) is 0.600. The van der Waals surface area contributed by atoms with Crippen molar-refractivity contribution in [2.75, 3.05) is 31.5 Å². The summed E-state index contributed by atoms with van der Waals surface area (Å²) in [5.74, 6) is -0.163. The van der Waals surface area contributed by atoms with E-state index in [1.54, 1.807) is 56.7 Å². The number of nitrogens with zero attached hydrogens (tertiary/aromatic N) is 4. The van der Waals surface area contributed by atoms with Gasteiger partial charge in [-0.05, 0) is 98.4 Å². The number of aromatic nitrogens is 2.